The van der Waals surface area contributed by atoms with Gasteiger partial charge in [-0.25, -0.2) is 13.9 Å². The van der Waals surface area contributed by atoms with Crippen LogP contribution in [-0.4, -0.2) is 38.7 Å². The van der Waals surface area contributed by atoms with E-state index >= 15 is 0 Å². The SMILES string of the molecule is COc1ccc(-c2ccc(-c3cc(C)c(N(Cc4cccnc4)S(=O)(=O)c4ccc(OC)cc4)c(C(=O)NO)c3)cc2)cc1. The van der Waals surface area contributed by atoms with Crippen molar-refractivity contribution < 1.29 is 27.9 Å². The Balaban J connectivity index is 1.61. The molecule has 5 aromatic rings. The predicted octanol–water partition coefficient (Wildman–Crippen LogP) is 6.26. The summed E-state index contributed by atoms with van der Waals surface area (Å²) < 4.78 is 40.0. The monoisotopic (exact) mass is 609 g/mol. The quantitative estimate of drug-likeness (QED) is 0.142. The molecule has 0 radical (unpaired) electrons. The van der Waals surface area contributed by atoms with Gasteiger partial charge in [0, 0.05) is 12.4 Å². The van der Waals surface area contributed by atoms with Crippen LogP contribution in [0.1, 0.15) is 21.5 Å². The molecule has 0 saturated heterocycles. The van der Waals surface area contributed by atoms with Gasteiger partial charge in [-0.2, -0.15) is 0 Å². The molecule has 5 rings (SSSR count). The summed E-state index contributed by atoms with van der Waals surface area (Å²) >= 11 is 0. The Kier molecular flexibility index (Phi) is 8.94. The number of amides is 1. The van der Waals surface area contributed by atoms with Crippen molar-refractivity contribution in [2.45, 2.75) is 18.4 Å². The van der Waals surface area contributed by atoms with Crippen molar-refractivity contribution >= 4 is 21.6 Å². The molecule has 1 aromatic heterocycles. The van der Waals surface area contributed by atoms with E-state index in [2.05, 4.69) is 4.98 Å². The van der Waals surface area contributed by atoms with E-state index in [-0.39, 0.29) is 22.7 Å². The molecule has 9 nitrogen and oxygen atoms in total. The van der Waals surface area contributed by atoms with Gasteiger partial charge in [0.25, 0.3) is 15.9 Å². The zero-order valence-corrected chi connectivity index (χ0v) is 25.2. The van der Waals surface area contributed by atoms with Crippen LogP contribution >= 0.6 is 0 Å². The number of carbonyl (C=O) groups excluding carboxylic acids is 1. The molecule has 0 aliphatic rings. The van der Waals surface area contributed by atoms with Gasteiger partial charge in [-0.15, -0.1) is 0 Å². The smallest absolute Gasteiger partial charge is 0.276 e. The van der Waals surface area contributed by atoms with Crippen LogP contribution in [0.4, 0.5) is 5.69 Å². The number of ether oxygens (including phenoxy) is 2. The van der Waals surface area contributed by atoms with Gasteiger partial charge in [0.1, 0.15) is 11.5 Å². The molecule has 1 amide bonds. The van der Waals surface area contributed by atoms with Crippen molar-refractivity contribution in [3.63, 3.8) is 0 Å². The van der Waals surface area contributed by atoms with E-state index in [1.807, 2.05) is 54.6 Å². The van der Waals surface area contributed by atoms with Gasteiger partial charge in [0.2, 0.25) is 0 Å². The lowest BCUT2D eigenvalue weighted by atomic mass is 9.96. The van der Waals surface area contributed by atoms with Gasteiger partial charge < -0.3 is 9.47 Å². The van der Waals surface area contributed by atoms with Crippen LogP contribution < -0.4 is 19.3 Å². The number of benzene rings is 4. The molecule has 0 spiro atoms. The van der Waals surface area contributed by atoms with E-state index in [0.29, 0.717) is 22.4 Å². The summed E-state index contributed by atoms with van der Waals surface area (Å²) in [6, 6.07) is 28.4. The molecule has 4 aromatic carbocycles. The number of nitrogens with zero attached hydrogens (tertiary/aromatic N) is 2. The highest BCUT2D eigenvalue weighted by molar-refractivity contribution is 7.92. The summed E-state index contributed by atoms with van der Waals surface area (Å²) in [5.74, 6) is 0.421. The van der Waals surface area contributed by atoms with Crippen LogP contribution in [0, 0.1) is 6.92 Å². The number of aromatic nitrogens is 1. The number of rotatable bonds is 10. The molecule has 0 atom stereocenters. The van der Waals surface area contributed by atoms with Gasteiger partial charge in [-0.05, 0) is 94.9 Å². The van der Waals surface area contributed by atoms with Crippen molar-refractivity contribution in [2.24, 2.45) is 0 Å². The Labute approximate surface area is 256 Å². The Bertz CT molecular complexity index is 1860. The van der Waals surface area contributed by atoms with Gasteiger partial charge in [0.05, 0.1) is 36.9 Å². The van der Waals surface area contributed by atoms with E-state index in [9.17, 15) is 18.4 Å². The number of carbonyl (C=O) groups is 1. The van der Waals surface area contributed by atoms with E-state index in [1.54, 1.807) is 62.2 Å². The number of hydroxylamine groups is 1. The standard InChI is InChI=1S/C34H31N3O6S/c1-23-19-28(27-8-6-25(7-9-27)26-10-12-29(42-2)13-11-26)20-32(34(38)36-39)33(23)37(22-24-5-4-18-35-21-24)44(40,41)31-16-14-30(43-3)15-17-31/h4-21,39H,22H2,1-3H3,(H,36,38). The second-order valence-corrected chi connectivity index (χ2v) is 11.8. The maximum Gasteiger partial charge on any atom is 0.276 e. The molecule has 1 heterocycles. The van der Waals surface area contributed by atoms with E-state index in [4.69, 9.17) is 9.47 Å². The highest BCUT2D eigenvalue weighted by Gasteiger charge is 2.31. The fraction of sp³-hybridized carbons (Fsp3) is 0.118. The van der Waals surface area contributed by atoms with Crippen molar-refractivity contribution in [2.75, 3.05) is 18.5 Å². The maximum atomic E-state index is 14.2. The van der Waals surface area contributed by atoms with Crippen LogP contribution in [0.3, 0.4) is 0 Å². The van der Waals surface area contributed by atoms with Gasteiger partial charge in [0.15, 0.2) is 0 Å². The molecular formula is C34H31N3O6S. The van der Waals surface area contributed by atoms with Crippen LogP contribution in [0.15, 0.2) is 114 Å². The highest BCUT2D eigenvalue weighted by atomic mass is 32.2. The molecule has 10 heteroatoms. The van der Waals surface area contributed by atoms with Crippen molar-refractivity contribution in [1.29, 1.82) is 0 Å². The average Bonchev–Trinajstić information content (AvgIpc) is 3.07. The summed E-state index contributed by atoms with van der Waals surface area (Å²) in [5, 5.41) is 9.71. The molecule has 44 heavy (non-hydrogen) atoms. The van der Waals surface area contributed by atoms with Crippen LogP contribution in [0.2, 0.25) is 0 Å². The van der Waals surface area contributed by atoms with Gasteiger partial charge in [-0.3, -0.25) is 19.3 Å². The fourth-order valence-electron chi connectivity index (χ4n) is 4.97. The molecule has 0 saturated carbocycles. The maximum absolute atomic E-state index is 14.2. The molecular weight excluding hydrogens is 578 g/mol. The van der Waals surface area contributed by atoms with Crippen molar-refractivity contribution in [3.8, 4) is 33.8 Å². The van der Waals surface area contributed by atoms with Crippen molar-refractivity contribution in [1.82, 2.24) is 10.5 Å². The number of aryl methyl sites for hydroxylation is 1. The predicted molar refractivity (Wildman–Crippen MR) is 168 cm³/mol. The number of methoxy groups -OCH3 is 2. The first-order chi connectivity index (χ1) is 21.2. The van der Waals surface area contributed by atoms with Gasteiger partial charge >= 0.3 is 0 Å². The average molecular weight is 610 g/mol. The highest BCUT2D eigenvalue weighted by Crippen LogP contribution is 2.37. The lowest BCUT2D eigenvalue weighted by molar-refractivity contribution is 0.0707. The normalized spacial score (nSPS) is 11.1. The minimum absolute atomic E-state index is 0.00939. The number of hydrogen-bond donors (Lipinski definition) is 2. The summed E-state index contributed by atoms with van der Waals surface area (Å²) in [6.07, 6.45) is 3.16. The Morgan fingerprint density at radius 2 is 1.36 bits per heavy atom. The third kappa shape index (κ3) is 6.26. The first-order valence-corrected chi connectivity index (χ1v) is 15.1. The number of hydrogen-bond acceptors (Lipinski definition) is 7. The van der Waals surface area contributed by atoms with Crippen molar-refractivity contribution in [3.05, 3.63) is 126 Å². The summed E-state index contributed by atoms with van der Waals surface area (Å²) in [6.45, 7) is 1.63. The van der Waals surface area contributed by atoms with Crippen LogP contribution in [0.25, 0.3) is 22.3 Å². The largest absolute Gasteiger partial charge is 0.497 e. The minimum Gasteiger partial charge on any atom is -0.497 e. The number of anilines is 1. The Hall–Kier alpha value is -5.19. The Morgan fingerprint density at radius 1 is 0.818 bits per heavy atom. The number of pyridine rings is 1. The van der Waals surface area contributed by atoms with Crippen LogP contribution in [-0.2, 0) is 16.6 Å². The van der Waals surface area contributed by atoms with E-state index < -0.39 is 15.9 Å². The molecule has 0 fully saturated rings. The first kappa shape index (κ1) is 30.3. The molecule has 0 aliphatic heterocycles. The molecule has 0 aliphatic carbocycles. The summed E-state index contributed by atoms with van der Waals surface area (Å²) in [4.78, 5) is 17.3. The van der Waals surface area contributed by atoms with Gasteiger partial charge in [-0.1, -0.05) is 42.5 Å². The fourth-order valence-corrected chi connectivity index (χ4v) is 6.50. The van der Waals surface area contributed by atoms with E-state index in [0.717, 1.165) is 22.4 Å². The molecule has 0 unspecified atom stereocenters. The Morgan fingerprint density at radius 3 is 1.89 bits per heavy atom. The number of nitrogens with one attached hydrogen (secondary N) is 1. The second kappa shape index (κ2) is 13.0. The minimum atomic E-state index is -4.20. The zero-order valence-electron chi connectivity index (χ0n) is 24.4. The van der Waals surface area contributed by atoms with Crippen LogP contribution in [0.5, 0.6) is 11.5 Å². The molecule has 0 bridgehead atoms. The molecule has 2 N–H and O–H groups in total. The second-order valence-electron chi connectivity index (χ2n) is 9.98. The third-order valence-electron chi connectivity index (χ3n) is 7.23. The summed E-state index contributed by atoms with van der Waals surface area (Å²) in [5.41, 5.74) is 6.43. The lowest BCUT2D eigenvalue weighted by Gasteiger charge is -2.28. The number of sulfonamides is 1. The molecule has 224 valence electrons. The zero-order chi connectivity index (χ0) is 31.3. The first-order valence-electron chi connectivity index (χ1n) is 13.6. The van der Waals surface area contributed by atoms with E-state index in [1.165, 1.54) is 23.5 Å². The topological polar surface area (TPSA) is 118 Å². The summed E-state index contributed by atoms with van der Waals surface area (Å²) in [7, 11) is -1.09. The lowest BCUT2D eigenvalue weighted by Crippen LogP contribution is -2.34. The third-order valence-corrected chi connectivity index (χ3v) is 8.99.